The number of anilines is 1. The van der Waals surface area contributed by atoms with Gasteiger partial charge >= 0.3 is 5.97 Å². The van der Waals surface area contributed by atoms with E-state index < -0.39 is 0 Å². The van der Waals surface area contributed by atoms with Gasteiger partial charge in [-0.05, 0) is 18.8 Å². The third-order valence-corrected chi connectivity index (χ3v) is 3.81. The number of ether oxygens (including phenoxy) is 1. The van der Waals surface area contributed by atoms with E-state index in [9.17, 15) is 4.79 Å². The van der Waals surface area contributed by atoms with E-state index in [1.165, 1.54) is 20.0 Å². The van der Waals surface area contributed by atoms with Crippen molar-refractivity contribution >= 4 is 22.4 Å². The molecule has 100 valence electrons. The summed E-state index contributed by atoms with van der Waals surface area (Å²) in [5, 5.41) is 3.01. The van der Waals surface area contributed by atoms with E-state index in [1.54, 1.807) is 11.3 Å². The molecule has 1 aliphatic carbocycles. The third-order valence-electron chi connectivity index (χ3n) is 2.89. The highest BCUT2D eigenvalue weighted by molar-refractivity contribution is 7.13. The van der Waals surface area contributed by atoms with E-state index in [0.717, 1.165) is 17.4 Å². The molecule has 5 heteroatoms. The van der Waals surface area contributed by atoms with Crippen molar-refractivity contribution in [2.75, 3.05) is 18.6 Å². The van der Waals surface area contributed by atoms with Crippen molar-refractivity contribution in [2.24, 2.45) is 5.92 Å². The number of rotatable bonds is 6. The van der Waals surface area contributed by atoms with Gasteiger partial charge in [0, 0.05) is 18.0 Å². The summed E-state index contributed by atoms with van der Waals surface area (Å²) in [5.41, 5.74) is 0.816. The number of thiazole rings is 1. The van der Waals surface area contributed by atoms with Crippen molar-refractivity contribution in [3.05, 3.63) is 11.1 Å². The summed E-state index contributed by atoms with van der Waals surface area (Å²) in [6.07, 6.45) is 2.80. The van der Waals surface area contributed by atoms with Crippen molar-refractivity contribution in [3.8, 4) is 0 Å². The molecule has 0 spiro atoms. The Morgan fingerprint density at radius 3 is 2.89 bits per heavy atom. The molecular formula is C13H20N2O2S. The summed E-state index contributed by atoms with van der Waals surface area (Å²) in [4.78, 5) is 18.2. The number of methoxy groups -OCH3 is 1. The Morgan fingerprint density at radius 2 is 2.33 bits per heavy atom. The summed E-state index contributed by atoms with van der Waals surface area (Å²) in [6, 6.07) is 0.657. The van der Waals surface area contributed by atoms with Crippen LogP contribution in [0.5, 0.6) is 0 Å². The van der Waals surface area contributed by atoms with Gasteiger partial charge in [0.2, 0.25) is 0 Å². The Labute approximate surface area is 112 Å². The van der Waals surface area contributed by atoms with Gasteiger partial charge in [0.25, 0.3) is 0 Å². The Hall–Kier alpha value is -1.10. The van der Waals surface area contributed by atoms with Crippen LogP contribution in [0.25, 0.3) is 0 Å². The predicted octanol–water partition coefficient (Wildman–Crippen LogP) is 2.48. The highest BCUT2D eigenvalue weighted by Crippen LogP contribution is 2.34. The normalized spacial score (nSPS) is 14.9. The van der Waals surface area contributed by atoms with Crippen LogP contribution in [0.3, 0.4) is 0 Å². The first-order valence-corrected chi connectivity index (χ1v) is 7.26. The highest BCUT2D eigenvalue weighted by Gasteiger charge is 2.31. The van der Waals surface area contributed by atoms with Gasteiger partial charge in [-0.1, -0.05) is 13.8 Å². The maximum Gasteiger partial charge on any atom is 0.311 e. The zero-order chi connectivity index (χ0) is 13.1. The van der Waals surface area contributed by atoms with Gasteiger partial charge in [-0.3, -0.25) is 4.79 Å². The maximum atomic E-state index is 11.2. The minimum atomic E-state index is -0.228. The molecule has 1 aromatic heterocycles. The molecule has 1 saturated carbocycles. The molecule has 0 atom stereocenters. The molecule has 0 saturated heterocycles. The number of aromatic nitrogens is 1. The standard InChI is InChI=1S/C13H20N2O2S/c1-9(2)7-15(11-4-5-11)13-14-10(8-18-13)6-12(16)17-3/h8-9,11H,4-7H2,1-3H3. The molecule has 1 fully saturated rings. The second-order valence-corrected chi connectivity index (χ2v) is 5.99. The fourth-order valence-corrected chi connectivity index (χ4v) is 2.80. The van der Waals surface area contributed by atoms with Crippen molar-refractivity contribution < 1.29 is 9.53 Å². The molecule has 1 aliphatic rings. The zero-order valence-corrected chi connectivity index (χ0v) is 12.0. The van der Waals surface area contributed by atoms with Gasteiger partial charge in [-0.2, -0.15) is 0 Å². The van der Waals surface area contributed by atoms with E-state index in [2.05, 4.69) is 28.5 Å². The Balaban J connectivity index is 2.04. The second kappa shape index (κ2) is 5.69. The maximum absolute atomic E-state index is 11.2. The van der Waals surface area contributed by atoms with Crippen LogP contribution in [-0.2, 0) is 16.0 Å². The SMILES string of the molecule is COC(=O)Cc1csc(N(CC(C)C)C2CC2)n1. The molecule has 0 amide bonds. The molecule has 0 bridgehead atoms. The van der Waals surface area contributed by atoms with Crippen LogP contribution in [0.1, 0.15) is 32.4 Å². The van der Waals surface area contributed by atoms with E-state index in [-0.39, 0.29) is 12.4 Å². The van der Waals surface area contributed by atoms with Crippen molar-refractivity contribution in [3.63, 3.8) is 0 Å². The minimum absolute atomic E-state index is 0.228. The molecule has 2 rings (SSSR count). The molecule has 18 heavy (non-hydrogen) atoms. The number of hydrogen-bond acceptors (Lipinski definition) is 5. The Morgan fingerprint density at radius 1 is 1.61 bits per heavy atom. The largest absolute Gasteiger partial charge is 0.469 e. The lowest BCUT2D eigenvalue weighted by Crippen LogP contribution is -2.29. The van der Waals surface area contributed by atoms with E-state index >= 15 is 0 Å². The smallest absolute Gasteiger partial charge is 0.311 e. The van der Waals surface area contributed by atoms with Gasteiger partial charge in [0.15, 0.2) is 5.13 Å². The quantitative estimate of drug-likeness (QED) is 0.743. The first-order chi connectivity index (χ1) is 8.60. The number of nitrogens with zero attached hydrogens (tertiary/aromatic N) is 2. The van der Waals surface area contributed by atoms with Gasteiger partial charge in [0.1, 0.15) is 0 Å². The van der Waals surface area contributed by atoms with Gasteiger partial charge in [-0.25, -0.2) is 4.98 Å². The van der Waals surface area contributed by atoms with E-state index in [0.29, 0.717) is 12.0 Å². The number of carbonyl (C=O) groups excluding carboxylic acids is 1. The first kappa shape index (κ1) is 13.3. The number of hydrogen-bond donors (Lipinski definition) is 0. The first-order valence-electron chi connectivity index (χ1n) is 6.38. The topological polar surface area (TPSA) is 42.4 Å². The fourth-order valence-electron chi connectivity index (χ4n) is 1.89. The molecule has 1 aromatic rings. The lowest BCUT2D eigenvalue weighted by atomic mass is 10.2. The molecule has 0 unspecified atom stereocenters. The van der Waals surface area contributed by atoms with Gasteiger partial charge < -0.3 is 9.64 Å². The summed E-state index contributed by atoms with van der Waals surface area (Å²) in [7, 11) is 1.41. The lowest BCUT2D eigenvalue weighted by molar-refractivity contribution is -0.139. The summed E-state index contributed by atoms with van der Waals surface area (Å²) in [6.45, 7) is 5.48. The minimum Gasteiger partial charge on any atom is -0.469 e. The highest BCUT2D eigenvalue weighted by atomic mass is 32.1. The van der Waals surface area contributed by atoms with Crippen molar-refractivity contribution in [1.29, 1.82) is 0 Å². The molecule has 0 aromatic carbocycles. The molecule has 1 heterocycles. The van der Waals surface area contributed by atoms with Gasteiger partial charge in [-0.15, -0.1) is 11.3 Å². The van der Waals surface area contributed by atoms with Crippen LogP contribution in [0.4, 0.5) is 5.13 Å². The van der Waals surface area contributed by atoms with E-state index in [1.807, 2.05) is 5.38 Å². The second-order valence-electron chi connectivity index (χ2n) is 5.15. The Kier molecular flexibility index (Phi) is 4.22. The van der Waals surface area contributed by atoms with E-state index in [4.69, 9.17) is 0 Å². The van der Waals surface area contributed by atoms with Crippen LogP contribution < -0.4 is 4.90 Å². The summed E-state index contributed by atoms with van der Waals surface area (Å²) < 4.78 is 4.66. The van der Waals surface area contributed by atoms with Crippen LogP contribution in [0, 0.1) is 5.92 Å². The van der Waals surface area contributed by atoms with Crippen LogP contribution >= 0.6 is 11.3 Å². The Bertz CT molecular complexity index is 413. The average molecular weight is 268 g/mol. The van der Waals surface area contributed by atoms with Crippen LogP contribution in [0.2, 0.25) is 0 Å². The molecule has 4 nitrogen and oxygen atoms in total. The fraction of sp³-hybridized carbons (Fsp3) is 0.692. The lowest BCUT2D eigenvalue weighted by Gasteiger charge is -2.23. The molecule has 0 radical (unpaired) electrons. The summed E-state index contributed by atoms with van der Waals surface area (Å²) in [5.74, 6) is 0.396. The average Bonchev–Trinajstić information content (AvgIpc) is 3.06. The number of carbonyl (C=O) groups is 1. The molecule has 0 aliphatic heterocycles. The predicted molar refractivity (Wildman–Crippen MR) is 73.0 cm³/mol. The number of esters is 1. The zero-order valence-electron chi connectivity index (χ0n) is 11.2. The van der Waals surface area contributed by atoms with Gasteiger partial charge in [0.05, 0.1) is 19.2 Å². The molecular weight excluding hydrogens is 248 g/mol. The molecule has 0 N–H and O–H groups in total. The third kappa shape index (κ3) is 3.45. The van der Waals surface area contributed by atoms with Crippen molar-refractivity contribution in [1.82, 2.24) is 4.98 Å². The summed E-state index contributed by atoms with van der Waals surface area (Å²) >= 11 is 1.63. The van der Waals surface area contributed by atoms with Crippen LogP contribution in [0.15, 0.2) is 5.38 Å². The van der Waals surface area contributed by atoms with Crippen molar-refractivity contribution in [2.45, 2.75) is 39.2 Å². The van der Waals surface area contributed by atoms with Crippen LogP contribution in [-0.4, -0.2) is 30.6 Å². The monoisotopic (exact) mass is 268 g/mol.